The lowest BCUT2D eigenvalue weighted by Gasteiger charge is -2.13. The minimum absolute atomic E-state index is 0.0275. The zero-order valence-corrected chi connectivity index (χ0v) is 14.0. The molecule has 138 valence electrons. The van der Waals surface area contributed by atoms with E-state index in [-0.39, 0.29) is 23.5 Å². The van der Waals surface area contributed by atoms with Crippen molar-refractivity contribution in [1.82, 2.24) is 5.48 Å². The molecular weight excluding hydrogens is 357 g/mol. The summed E-state index contributed by atoms with van der Waals surface area (Å²) in [5, 5.41) is 2.71. The average Bonchev–Trinajstić information content (AvgIpc) is 2.65. The Hall–Kier alpha value is -3.32. The maximum atomic E-state index is 13.6. The Morgan fingerprint density at radius 2 is 1.63 bits per heavy atom. The molecule has 0 aliphatic heterocycles. The maximum Gasteiger partial charge on any atom is 0.277 e. The predicted molar refractivity (Wildman–Crippen MR) is 94.7 cm³/mol. The third-order valence-corrected chi connectivity index (χ3v) is 3.66. The highest BCUT2D eigenvalue weighted by Crippen LogP contribution is 2.24. The second-order valence-corrected chi connectivity index (χ2v) is 5.65. The number of rotatable bonds is 6. The fourth-order valence-corrected chi connectivity index (χ4v) is 2.37. The van der Waals surface area contributed by atoms with E-state index in [1.807, 2.05) is 18.2 Å². The fourth-order valence-electron chi connectivity index (χ4n) is 2.37. The van der Waals surface area contributed by atoms with Crippen LogP contribution in [-0.2, 0) is 11.4 Å². The summed E-state index contributed by atoms with van der Waals surface area (Å²) < 4.78 is 40.6. The molecule has 0 unspecified atom stereocenters. The molecule has 0 radical (unpaired) electrons. The Kier molecular flexibility index (Phi) is 5.73. The van der Waals surface area contributed by atoms with E-state index >= 15 is 0 Å². The lowest BCUT2D eigenvalue weighted by Crippen LogP contribution is -2.24. The summed E-state index contributed by atoms with van der Waals surface area (Å²) in [6.07, 6.45) is 0. The van der Waals surface area contributed by atoms with Gasteiger partial charge in [0.2, 0.25) is 0 Å². The normalized spacial score (nSPS) is 10.5. The van der Waals surface area contributed by atoms with E-state index in [0.29, 0.717) is 0 Å². The van der Waals surface area contributed by atoms with Crippen LogP contribution in [0.3, 0.4) is 0 Å². The van der Waals surface area contributed by atoms with E-state index in [0.717, 1.165) is 23.8 Å². The van der Waals surface area contributed by atoms with Crippen LogP contribution in [0.4, 0.5) is 24.5 Å². The van der Waals surface area contributed by atoms with Crippen molar-refractivity contribution in [2.24, 2.45) is 0 Å². The van der Waals surface area contributed by atoms with Gasteiger partial charge in [0.05, 0.1) is 17.9 Å². The lowest BCUT2D eigenvalue weighted by atomic mass is 10.1. The molecular formula is C20H15F3N2O2. The monoisotopic (exact) mass is 372 g/mol. The number of anilines is 2. The van der Waals surface area contributed by atoms with Crippen molar-refractivity contribution in [3.05, 3.63) is 95.3 Å². The second kappa shape index (κ2) is 8.37. The molecule has 0 bridgehead atoms. The highest BCUT2D eigenvalue weighted by molar-refractivity contribution is 5.99. The Morgan fingerprint density at radius 3 is 2.37 bits per heavy atom. The molecule has 3 aromatic rings. The van der Waals surface area contributed by atoms with Crippen molar-refractivity contribution in [2.75, 3.05) is 5.32 Å². The minimum atomic E-state index is -1.19. The number of hydroxylamine groups is 1. The zero-order chi connectivity index (χ0) is 19.2. The van der Waals surface area contributed by atoms with E-state index < -0.39 is 23.4 Å². The molecule has 0 aliphatic carbocycles. The van der Waals surface area contributed by atoms with Gasteiger partial charge in [-0.25, -0.2) is 18.7 Å². The van der Waals surface area contributed by atoms with Crippen LogP contribution in [0.1, 0.15) is 15.9 Å². The van der Waals surface area contributed by atoms with E-state index in [4.69, 9.17) is 4.84 Å². The van der Waals surface area contributed by atoms with Crippen LogP contribution in [-0.4, -0.2) is 5.91 Å². The van der Waals surface area contributed by atoms with Crippen molar-refractivity contribution in [1.29, 1.82) is 0 Å². The zero-order valence-electron chi connectivity index (χ0n) is 14.0. The molecule has 27 heavy (non-hydrogen) atoms. The number of carbonyl (C=O) groups excluding carboxylic acids is 1. The van der Waals surface area contributed by atoms with Gasteiger partial charge < -0.3 is 5.32 Å². The number of halogens is 3. The standard InChI is InChI=1S/C20H15F3N2O2/c21-14-7-4-8-15(9-14)24-19-11-18(23)17(22)10-16(19)20(26)25-27-12-13-5-2-1-3-6-13/h1-11,24H,12H2,(H,25,26). The molecule has 0 atom stereocenters. The van der Waals surface area contributed by atoms with Gasteiger partial charge in [-0.1, -0.05) is 36.4 Å². The first-order valence-electron chi connectivity index (χ1n) is 8.00. The SMILES string of the molecule is O=C(NOCc1ccccc1)c1cc(F)c(F)cc1Nc1cccc(F)c1. The number of hydrogen-bond donors (Lipinski definition) is 2. The van der Waals surface area contributed by atoms with Crippen LogP contribution in [0.15, 0.2) is 66.7 Å². The number of nitrogens with one attached hydrogen (secondary N) is 2. The molecule has 0 heterocycles. The summed E-state index contributed by atoms with van der Waals surface area (Å²) in [5.41, 5.74) is 3.07. The molecule has 4 nitrogen and oxygen atoms in total. The van der Waals surface area contributed by atoms with E-state index in [1.54, 1.807) is 12.1 Å². The molecule has 0 aliphatic rings. The van der Waals surface area contributed by atoms with Gasteiger partial charge in [0, 0.05) is 11.8 Å². The second-order valence-electron chi connectivity index (χ2n) is 5.65. The molecule has 0 fully saturated rings. The topological polar surface area (TPSA) is 50.4 Å². The van der Waals surface area contributed by atoms with Crippen LogP contribution >= 0.6 is 0 Å². The number of hydrogen-bond acceptors (Lipinski definition) is 3. The summed E-state index contributed by atoms with van der Waals surface area (Å²) in [6.45, 7) is 0.100. The van der Waals surface area contributed by atoms with Gasteiger partial charge in [-0.15, -0.1) is 0 Å². The number of carbonyl (C=O) groups is 1. The van der Waals surface area contributed by atoms with Crippen LogP contribution in [0, 0.1) is 17.5 Å². The summed E-state index contributed by atoms with van der Waals surface area (Å²) in [6, 6.07) is 16.0. The van der Waals surface area contributed by atoms with Gasteiger partial charge in [-0.3, -0.25) is 9.63 Å². The first-order chi connectivity index (χ1) is 13.0. The molecule has 0 saturated carbocycles. The minimum Gasteiger partial charge on any atom is -0.355 e. The van der Waals surface area contributed by atoms with Crippen molar-refractivity contribution >= 4 is 17.3 Å². The quantitative estimate of drug-likeness (QED) is 0.616. The Bertz CT molecular complexity index is 949. The van der Waals surface area contributed by atoms with Gasteiger partial charge in [-0.2, -0.15) is 0 Å². The van der Waals surface area contributed by atoms with Crippen molar-refractivity contribution in [3.8, 4) is 0 Å². The molecule has 7 heteroatoms. The van der Waals surface area contributed by atoms with Crippen LogP contribution in [0.2, 0.25) is 0 Å². The molecule has 0 spiro atoms. The predicted octanol–water partition coefficient (Wildman–Crippen LogP) is 4.71. The van der Waals surface area contributed by atoms with E-state index in [2.05, 4.69) is 10.8 Å². The van der Waals surface area contributed by atoms with Crippen molar-refractivity contribution in [3.63, 3.8) is 0 Å². The van der Waals surface area contributed by atoms with Crippen LogP contribution in [0.5, 0.6) is 0 Å². The maximum absolute atomic E-state index is 13.6. The molecule has 3 rings (SSSR count). The highest BCUT2D eigenvalue weighted by Gasteiger charge is 2.17. The summed E-state index contributed by atoms with van der Waals surface area (Å²) in [4.78, 5) is 17.5. The summed E-state index contributed by atoms with van der Waals surface area (Å²) >= 11 is 0. The smallest absolute Gasteiger partial charge is 0.277 e. The first-order valence-corrected chi connectivity index (χ1v) is 8.00. The largest absolute Gasteiger partial charge is 0.355 e. The summed E-state index contributed by atoms with van der Waals surface area (Å²) in [5.74, 6) is -3.62. The number of benzene rings is 3. The molecule has 3 aromatic carbocycles. The van der Waals surface area contributed by atoms with Crippen LogP contribution < -0.4 is 10.8 Å². The molecule has 0 aromatic heterocycles. The molecule has 1 amide bonds. The average molecular weight is 372 g/mol. The summed E-state index contributed by atoms with van der Waals surface area (Å²) in [7, 11) is 0. The van der Waals surface area contributed by atoms with Gasteiger partial charge >= 0.3 is 0 Å². The third-order valence-electron chi connectivity index (χ3n) is 3.66. The highest BCUT2D eigenvalue weighted by atomic mass is 19.2. The van der Waals surface area contributed by atoms with Gasteiger partial charge in [-0.05, 0) is 29.8 Å². The number of amides is 1. The molecule has 2 N–H and O–H groups in total. The van der Waals surface area contributed by atoms with Gasteiger partial charge in [0.1, 0.15) is 5.82 Å². The molecule has 0 saturated heterocycles. The van der Waals surface area contributed by atoms with E-state index in [9.17, 15) is 18.0 Å². The van der Waals surface area contributed by atoms with Gasteiger partial charge in [0.15, 0.2) is 11.6 Å². The van der Waals surface area contributed by atoms with Crippen molar-refractivity contribution < 1.29 is 22.8 Å². The van der Waals surface area contributed by atoms with Crippen molar-refractivity contribution in [2.45, 2.75) is 6.61 Å². The third kappa shape index (κ3) is 4.86. The lowest BCUT2D eigenvalue weighted by molar-refractivity contribution is 0.0234. The Labute approximate surface area is 153 Å². The first kappa shape index (κ1) is 18.5. The Morgan fingerprint density at radius 1 is 0.889 bits per heavy atom. The fraction of sp³-hybridized carbons (Fsp3) is 0.0500. The van der Waals surface area contributed by atoms with E-state index in [1.165, 1.54) is 18.2 Å². The Balaban J connectivity index is 1.76. The van der Waals surface area contributed by atoms with Crippen LogP contribution in [0.25, 0.3) is 0 Å². The van der Waals surface area contributed by atoms with Gasteiger partial charge in [0.25, 0.3) is 5.91 Å².